The minimum Gasteiger partial charge on any atom is -0.491 e. The second-order valence-corrected chi connectivity index (χ2v) is 6.78. The highest BCUT2D eigenvalue weighted by Crippen LogP contribution is 2.27. The molecule has 0 atom stereocenters. The van der Waals surface area contributed by atoms with E-state index in [-0.39, 0.29) is 0 Å². The van der Waals surface area contributed by atoms with Gasteiger partial charge in [0.2, 0.25) is 10.0 Å². The van der Waals surface area contributed by atoms with E-state index in [1.165, 1.54) is 0 Å². The summed E-state index contributed by atoms with van der Waals surface area (Å²) in [7, 11) is -3.34. The molecule has 0 aliphatic carbocycles. The van der Waals surface area contributed by atoms with E-state index in [2.05, 4.69) is 4.72 Å². The van der Waals surface area contributed by atoms with Gasteiger partial charge < -0.3 is 4.74 Å². The summed E-state index contributed by atoms with van der Waals surface area (Å²) >= 11 is 0. The predicted octanol–water partition coefficient (Wildman–Crippen LogP) is 2.93. The number of aryl methyl sites for hydroxylation is 1. The lowest BCUT2D eigenvalue weighted by Gasteiger charge is -2.15. The Labute approximate surface area is 109 Å². The molecule has 1 aromatic rings. The molecule has 0 saturated carbocycles. The molecule has 4 nitrogen and oxygen atoms in total. The van der Waals surface area contributed by atoms with E-state index in [1.54, 1.807) is 19.9 Å². The highest BCUT2D eigenvalue weighted by molar-refractivity contribution is 7.93. The molecular weight excluding hydrogens is 250 g/mol. The fraction of sp³-hybridized carbons (Fsp3) is 0.538. The summed E-state index contributed by atoms with van der Waals surface area (Å²) in [5.74, 6) is 0.584. The number of rotatable bonds is 6. The number of hydrogen-bond donors (Lipinski definition) is 1. The number of anilines is 1. The molecule has 18 heavy (non-hydrogen) atoms. The second-order valence-electron chi connectivity index (χ2n) is 4.54. The smallest absolute Gasteiger partial charge is 0.235 e. The molecule has 0 spiro atoms. The van der Waals surface area contributed by atoms with Crippen molar-refractivity contribution in [3.63, 3.8) is 0 Å². The third-order valence-electron chi connectivity index (χ3n) is 2.47. The summed E-state index contributed by atoms with van der Waals surface area (Å²) in [6, 6.07) is 5.44. The minimum atomic E-state index is -3.34. The van der Waals surface area contributed by atoms with E-state index >= 15 is 0 Å². The Morgan fingerprint density at radius 2 is 2.00 bits per heavy atom. The molecule has 0 saturated heterocycles. The van der Waals surface area contributed by atoms with E-state index in [4.69, 9.17) is 4.74 Å². The number of hydrogen-bond acceptors (Lipinski definition) is 3. The number of ether oxygens (including phenoxy) is 1. The molecule has 5 heteroatoms. The molecule has 0 unspecified atom stereocenters. The van der Waals surface area contributed by atoms with Gasteiger partial charge in [-0.3, -0.25) is 4.72 Å². The van der Waals surface area contributed by atoms with E-state index in [1.807, 2.05) is 26.0 Å². The van der Waals surface area contributed by atoms with Crippen molar-refractivity contribution in [1.29, 1.82) is 0 Å². The van der Waals surface area contributed by atoms with Crippen molar-refractivity contribution < 1.29 is 13.2 Å². The third kappa shape index (κ3) is 3.91. The Bertz CT molecular complexity index is 495. The van der Waals surface area contributed by atoms with Gasteiger partial charge in [0.05, 0.1) is 17.5 Å². The number of benzene rings is 1. The normalized spacial score (nSPS) is 11.6. The van der Waals surface area contributed by atoms with E-state index in [0.717, 1.165) is 12.0 Å². The van der Waals surface area contributed by atoms with Crippen molar-refractivity contribution in [1.82, 2.24) is 0 Å². The van der Waals surface area contributed by atoms with Crippen molar-refractivity contribution >= 4 is 15.7 Å². The van der Waals surface area contributed by atoms with Crippen LogP contribution in [0.3, 0.4) is 0 Å². The molecule has 0 radical (unpaired) electrons. The lowest BCUT2D eigenvalue weighted by molar-refractivity contribution is 0.319. The first-order chi connectivity index (χ1) is 8.36. The van der Waals surface area contributed by atoms with Gasteiger partial charge in [-0.15, -0.1) is 0 Å². The molecule has 0 amide bonds. The van der Waals surface area contributed by atoms with Gasteiger partial charge in [0.1, 0.15) is 5.75 Å². The van der Waals surface area contributed by atoms with E-state index in [9.17, 15) is 8.42 Å². The van der Waals surface area contributed by atoms with Crippen LogP contribution in [0, 0.1) is 6.92 Å². The molecule has 0 bridgehead atoms. The van der Waals surface area contributed by atoms with E-state index < -0.39 is 15.3 Å². The molecule has 102 valence electrons. The number of nitrogens with one attached hydrogen (secondary N) is 1. The van der Waals surface area contributed by atoms with Crippen LogP contribution in [0.1, 0.15) is 32.8 Å². The van der Waals surface area contributed by atoms with Gasteiger partial charge in [0.25, 0.3) is 0 Å². The quantitative estimate of drug-likeness (QED) is 0.865. The van der Waals surface area contributed by atoms with Gasteiger partial charge in [0, 0.05) is 0 Å². The monoisotopic (exact) mass is 271 g/mol. The summed E-state index contributed by atoms with van der Waals surface area (Å²) in [5, 5.41) is -0.474. The van der Waals surface area contributed by atoms with Crippen LogP contribution in [0.5, 0.6) is 5.75 Å². The van der Waals surface area contributed by atoms with Gasteiger partial charge in [-0.1, -0.05) is 13.0 Å². The summed E-state index contributed by atoms with van der Waals surface area (Å²) in [5.41, 5.74) is 1.54. The SMILES string of the molecule is CCCOc1cc(C)ccc1NS(=O)(=O)C(C)C. The lowest BCUT2D eigenvalue weighted by atomic mass is 10.2. The van der Waals surface area contributed by atoms with Crippen LogP contribution in [-0.2, 0) is 10.0 Å². The number of sulfonamides is 1. The molecule has 0 aliphatic rings. The average molecular weight is 271 g/mol. The Hall–Kier alpha value is -1.23. The first-order valence-electron chi connectivity index (χ1n) is 6.12. The highest BCUT2D eigenvalue weighted by atomic mass is 32.2. The second kappa shape index (κ2) is 6.09. The molecule has 1 rings (SSSR count). The Balaban J connectivity index is 3.01. The Morgan fingerprint density at radius 3 is 2.56 bits per heavy atom. The summed E-state index contributed by atoms with van der Waals surface area (Å²) in [6.45, 7) is 7.80. The van der Waals surface area contributed by atoms with Crippen LogP contribution < -0.4 is 9.46 Å². The Morgan fingerprint density at radius 1 is 1.33 bits per heavy atom. The zero-order valence-corrected chi connectivity index (χ0v) is 12.2. The van der Waals surface area contributed by atoms with Gasteiger partial charge in [0.15, 0.2) is 0 Å². The van der Waals surface area contributed by atoms with Crippen molar-refractivity contribution in [2.24, 2.45) is 0 Å². The van der Waals surface area contributed by atoms with Crippen LogP contribution in [0.2, 0.25) is 0 Å². The van der Waals surface area contributed by atoms with Crippen LogP contribution in [-0.4, -0.2) is 20.3 Å². The van der Waals surface area contributed by atoms with Crippen molar-refractivity contribution in [2.45, 2.75) is 39.4 Å². The zero-order valence-electron chi connectivity index (χ0n) is 11.4. The fourth-order valence-corrected chi connectivity index (χ4v) is 2.03. The first kappa shape index (κ1) is 14.8. The minimum absolute atomic E-state index is 0.474. The topological polar surface area (TPSA) is 55.4 Å². The molecule has 0 aromatic heterocycles. The lowest BCUT2D eigenvalue weighted by Crippen LogP contribution is -2.22. The third-order valence-corrected chi connectivity index (χ3v) is 4.22. The maximum Gasteiger partial charge on any atom is 0.235 e. The predicted molar refractivity (Wildman–Crippen MR) is 74.6 cm³/mol. The molecule has 0 heterocycles. The van der Waals surface area contributed by atoms with Crippen molar-refractivity contribution in [3.8, 4) is 5.75 Å². The van der Waals surface area contributed by atoms with Crippen LogP contribution >= 0.6 is 0 Å². The summed E-state index contributed by atoms with van der Waals surface area (Å²) in [4.78, 5) is 0. The summed E-state index contributed by atoms with van der Waals surface area (Å²) in [6.07, 6.45) is 0.879. The van der Waals surface area contributed by atoms with Crippen LogP contribution in [0.15, 0.2) is 18.2 Å². The van der Waals surface area contributed by atoms with Crippen molar-refractivity contribution in [3.05, 3.63) is 23.8 Å². The van der Waals surface area contributed by atoms with E-state index in [0.29, 0.717) is 18.0 Å². The first-order valence-corrected chi connectivity index (χ1v) is 7.66. The van der Waals surface area contributed by atoms with Gasteiger partial charge >= 0.3 is 0 Å². The molecule has 1 aromatic carbocycles. The fourth-order valence-electron chi connectivity index (χ4n) is 1.32. The molecule has 1 N–H and O–H groups in total. The Kier molecular flexibility index (Phi) is 5.02. The molecule has 0 fully saturated rings. The standard InChI is InChI=1S/C13H21NO3S/c1-5-8-17-13-9-11(4)6-7-12(13)14-18(15,16)10(2)3/h6-7,9-10,14H,5,8H2,1-4H3. The molecular formula is C13H21NO3S. The summed E-state index contributed by atoms with van der Waals surface area (Å²) < 4.78 is 31.8. The van der Waals surface area contributed by atoms with Gasteiger partial charge in [-0.2, -0.15) is 0 Å². The maximum absolute atomic E-state index is 11.8. The van der Waals surface area contributed by atoms with Gasteiger partial charge in [-0.25, -0.2) is 8.42 Å². The molecule has 0 aliphatic heterocycles. The van der Waals surface area contributed by atoms with Crippen LogP contribution in [0.4, 0.5) is 5.69 Å². The largest absolute Gasteiger partial charge is 0.491 e. The van der Waals surface area contributed by atoms with Crippen molar-refractivity contribution in [2.75, 3.05) is 11.3 Å². The highest BCUT2D eigenvalue weighted by Gasteiger charge is 2.17. The average Bonchev–Trinajstić information content (AvgIpc) is 2.29. The zero-order chi connectivity index (χ0) is 13.8. The van der Waals surface area contributed by atoms with Crippen LogP contribution in [0.25, 0.3) is 0 Å². The maximum atomic E-state index is 11.8. The van der Waals surface area contributed by atoms with Gasteiger partial charge in [-0.05, 0) is 44.9 Å².